The Labute approximate surface area is 144 Å². The number of hydrogen-bond donors (Lipinski definition) is 1. The summed E-state index contributed by atoms with van der Waals surface area (Å²) < 4.78 is 62.8. The highest BCUT2D eigenvalue weighted by Gasteiger charge is 2.47. The van der Waals surface area contributed by atoms with Crippen molar-refractivity contribution in [1.29, 1.82) is 0 Å². The fraction of sp³-hybridized carbons (Fsp3) is 0.222. The zero-order chi connectivity index (χ0) is 18.6. The molecule has 132 valence electrons. The molecule has 0 spiro atoms. The summed E-state index contributed by atoms with van der Waals surface area (Å²) in [5, 5.41) is 0. The highest BCUT2D eigenvalue weighted by molar-refractivity contribution is 7.90. The lowest BCUT2D eigenvalue weighted by molar-refractivity contribution is -0.0448. The Morgan fingerprint density at radius 3 is 1.72 bits per heavy atom. The number of alkyl halides is 3. The second-order valence-corrected chi connectivity index (χ2v) is 7.22. The lowest BCUT2D eigenvalue weighted by atomic mass is 9.72. The summed E-state index contributed by atoms with van der Waals surface area (Å²) in [6.45, 7) is -0.507. The maximum absolute atomic E-state index is 12.7. The lowest BCUT2D eigenvalue weighted by Crippen LogP contribution is -2.45. The summed E-state index contributed by atoms with van der Waals surface area (Å²) >= 11 is 0. The number of benzene rings is 2. The van der Waals surface area contributed by atoms with Gasteiger partial charge in [0.15, 0.2) is 0 Å². The normalized spacial score (nSPS) is 12.6. The second-order valence-electron chi connectivity index (χ2n) is 5.47. The van der Waals surface area contributed by atoms with Crippen LogP contribution in [0.15, 0.2) is 60.7 Å². The van der Waals surface area contributed by atoms with E-state index < -0.39 is 27.5 Å². The molecule has 3 nitrogen and oxygen atoms in total. The monoisotopic (exact) mass is 367 g/mol. The van der Waals surface area contributed by atoms with Gasteiger partial charge in [0.05, 0.1) is 0 Å². The minimum atomic E-state index is -5.48. The van der Waals surface area contributed by atoms with Crippen molar-refractivity contribution in [2.24, 2.45) is 0 Å². The minimum Gasteiger partial charge on any atom is -0.206 e. The molecule has 2 rings (SSSR count). The van der Waals surface area contributed by atoms with Gasteiger partial charge in [0.25, 0.3) is 0 Å². The quantitative estimate of drug-likeness (QED) is 0.795. The van der Waals surface area contributed by atoms with E-state index in [0.29, 0.717) is 11.1 Å². The van der Waals surface area contributed by atoms with Crippen LogP contribution in [0.3, 0.4) is 0 Å². The van der Waals surface area contributed by atoms with Crippen LogP contribution in [0, 0.1) is 12.3 Å². The Morgan fingerprint density at radius 1 is 0.920 bits per heavy atom. The molecule has 2 aromatic rings. The predicted octanol–water partition coefficient (Wildman–Crippen LogP) is 3.44. The van der Waals surface area contributed by atoms with Gasteiger partial charge in [0.2, 0.25) is 0 Å². The summed E-state index contributed by atoms with van der Waals surface area (Å²) in [5.74, 6) is 2.46. The molecule has 0 bridgehead atoms. The first-order valence-corrected chi connectivity index (χ1v) is 8.82. The highest BCUT2D eigenvalue weighted by atomic mass is 32.2. The first kappa shape index (κ1) is 19.0. The largest absolute Gasteiger partial charge is 0.511 e. The Kier molecular flexibility index (Phi) is 5.55. The van der Waals surface area contributed by atoms with E-state index in [9.17, 15) is 21.6 Å². The minimum absolute atomic E-state index is 0.0292. The second kappa shape index (κ2) is 7.30. The number of halogens is 3. The van der Waals surface area contributed by atoms with Gasteiger partial charge >= 0.3 is 15.5 Å². The molecule has 2 aromatic carbocycles. The van der Waals surface area contributed by atoms with Crippen LogP contribution >= 0.6 is 0 Å². The third-order valence-corrected chi connectivity index (χ3v) is 5.06. The fourth-order valence-electron chi connectivity index (χ4n) is 2.63. The van der Waals surface area contributed by atoms with Crippen LogP contribution in [0.25, 0.3) is 0 Å². The van der Waals surface area contributed by atoms with Crippen LogP contribution in [-0.4, -0.2) is 20.5 Å². The Morgan fingerprint density at radius 2 is 1.36 bits per heavy atom. The van der Waals surface area contributed by atoms with Gasteiger partial charge in [0, 0.05) is 18.4 Å². The van der Waals surface area contributed by atoms with Crippen molar-refractivity contribution >= 4 is 10.0 Å². The van der Waals surface area contributed by atoms with Crippen molar-refractivity contribution in [3.8, 4) is 12.3 Å². The molecule has 0 aromatic heterocycles. The van der Waals surface area contributed by atoms with Crippen molar-refractivity contribution in [2.45, 2.75) is 17.3 Å². The molecule has 0 aliphatic heterocycles. The predicted molar refractivity (Wildman–Crippen MR) is 90.1 cm³/mol. The van der Waals surface area contributed by atoms with Crippen molar-refractivity contribution in [1.82, 2.24) is 4.72 Å². The number of nitrogens with one attached hydrogen (secondary N) is 1. The fourth-order valence-corrected chi connectivity index (χ4v) is 3.23. The number of terminal acetylenes is 1. The zero-order valence-electron chi connectivity index (χ0n) is 13.1. The van der Waals surface area contributed by atoms with Gasteiger partial charge in [-0.2, -0.15) is 13.2 Å². The maximum atomic E-state index is 12.7. The number of hydrogen-bond acceptors (Lipinski definition) is 2. The topological polar surface area (TPSA) is 46.2 Å². The summed E-state index contributed by atoms with van der Waals surface area (Å²) in [4.78, 5) is 0. The van der Waals surface area contributed by atoms with Crippen molar-refractivity contribution in [3.05, 3.63) is 71.8 Å². The molecule has 0 unspecified atom stereocenters. The maximum Gasteiger partial charge on any atom is 0.511 e. The Hall–Kier alpha value is -2.30. The van der Waals surface area contributed by atoms with E-state index >= 15 is 0 Å². The SMILES string of the molecule is C#CCC(CNS(=O)(=O)C(F)(F)F)(c1ccccc1)c1ccccc1. The van der Waals surface area contributed by atoms with Crippen molar-refractivity contribution in [2.75, 3.05) is 6.54 Å². The standard InChI is InChI=1S/C18H16F3NO2S/c1-2-13-17(15-9-5-3-6-10-15,16-11-7-4-8-12-16)14-22-25(23,24)18(19,20)21/h1,3-12,22H,13-14H2. The molecular formula is C18H16F3NO2S. The third-order valence-electron chi connectivity index (χ3n) is 3.93. The molecule has 7 heteroatoms. The van der Waals surface area contributed by atoms with E-state index in [0.717, 1.165) is 0 Å². The van der Waals surface area contributed by atoms with Crippen molar-refractivity contribution < 1.29 is 21.6 Å². The first-order valence-electron chi connectivity index (χ1n) is 7.33. The summed E-state index contributed by atoms with van der Waals surface area (Å²) in [7, 11) is -5.48. The average Bonchev–Trinajstić information content (AvgIpc) is 2.59. The first-order chi connectivity index (χ1) is 11.7. The van der Waals surface area contributed by atoms with Gasteiger partial charge < -0.3 is 0 Å². The molecule has 25 heavy (non-hydrogen) atoms. The molecule has 0 aliphatic rings. The molecule has 0 radical (unpaired) electrons. The molecule has 0 saturated heterocycles. The Bertz CT molecular complexity index is 802. The molecule has 0 aliphatic carbocycles. The third kappa shape index (κ3) is 4.03. The Balaban J connectivity index is 2.55. The molecule has 1 N–H and O–H groups in total. The van der Waals surface area contributed by atoms with Crippen LogP contribution in [-0.2, 0) is 15.4 Å². The summed E-state index contributed by atoms with van der Waals surface area (Å²) in [6, 6.07) is 17.3. The van der Waals surface area contributed by atoms with E-state index in [-0.39, 0.29) is 6.42 Å². The zero-order valence-corrected chi connectivity index (χ0v) is 13.9. The smallest absolute Gasteiger partial charge is 0.206 e. The highest BCUT2D eigenvalue weighted by Crippen LogP contribution is 2.36. The van der Waals surface area contributed by atoms with Crippen LogP contribution in [0.2, 0.25) is 0 Å². The van der Waals surface area contributed by atoms with Gasteiger partial charge in [-0.3, -0.25) is 0 Å². The van der Waals surface area contributed by atoms with Crippen LogP contribution in [0.4, 0.5) is 13.2 Å². The van der Waals surface area contributed by atoms with E-state index in [1.54, 1.807) is 65.4 Å². The molecule has 0 atom stereocenters. The van der Waals surface area contributed by atoms with Crippen LogP contribution in [0.1, 0.15) is 17.5 Å². The van der Waals surface area contributed by atoms with Gasteiger partial charge in [0.1, 0.15) is 0 Å². The van der Waals surface area contributed by atoms with Gasteiger partial charge in [-0.25, -0.2) is 13.1 Å². The molecular weight excluding hydrogens is 351 g/mol. The number of rotatable bonds is 6. The van der Waals surface area contributed by atoms with E-state index in [4.69, 9.17) is 6.42 Å². The van der Waals surface area contributed by atoms with Crippen molar-refractivity contribution in [3.63, 3.8) is 0 Å². The van der Waals surface area contributed by atoms with E-state index in [1.807, 2.05) is 0 Å². The van der Waals surface area contributed by atoms with E-state index in [2.05, 4.69) is 5.92 Å². The molecule has 0 heterocycles. The average molecular weight is 367 g/mol. The summed E-state index contributed by atoms with van der Waals surface area (Å²) in [5.41, 5.74) is -5.24. The van der Waals surface area contributed by atoms with Crippen LogP contribution < -0.4 is 4.72 Å². The molecule has 0 saturated carbocycles. The summed E-state index contributed by atoms with van der Waals surface area (Å²) in [6.07, 6.45) is 5.49. The van der Waals surface area contributed by atoms with Gasteiger partial charge in [-0.15, -0.1) is 12.3 Å². The molecule has 0 fully saturated rings. The van der Waals surface area contributed by atoms with Gasteiger partial charge in [-0.05, 0) is 11.1 Å². The lowest BCUT2D eigenvalue weighted by Gasteiger charge is -2.34. The van der Waals surface area contributed by atoms with Gasteiger partial charge in [-0.1, -0.05) is 60.7 Å². The van der Waals surface area contributed by atoms with E-state index in [1.165, 1.54) is 0 Å². The van der Waals surface area contributed by atoms with Crippen LogP contribution in [0.5, 0.6) is 0 Å². The molecule has 0 amide bonds. The number of sulfonamides is 1.